The molecule has 1 saturated carbocycles. The number of hydrogen-bond donors (Lipinski definition) is 1. The highest BCUT2D eigenvalue weighted by Crippen LogP contribution is 2.20. The number of aromatic nitrogens is 5. The topological polar surface area (TPSA) is 97.9 Å². The molecule has 2 aromatic rings. The van der Waals surface area contributed by atoms with Gasteiger partial charge in [0.2, 0.25) is 5.91 Å². The van der Waals surface area contributed by atoms with E-state index in [9.17, 15) is 9.59 Å². The molecule has 4 rings (SSSR count). The molecular formula is C19H27N7O2. The molecule has 28 heavy (non-hydrogen) atoms. The summed E-state index contributed by atoms with van der Waals surface area (Å²) in [6.07, 6.45) is 11.5. The molecule has 0 bridgehead atoms. The lowest BCUT2D eigenvalue weighted by Crippen LogP contribution is -2.40. The maximum absolute atomic E-state index is 12.7. The fourth-order valence-electron chi connectivity index (χ4n) is 4.20. The minimum atomic E-state index is -0.159. The molecule has 9 nitrogen and oxygen atoms in total. The van der Waals surface area contributed by atoms with Crippen molar-refractivity contribution in [2.24, 2.45) is 0 Å². The van der Waals surface area contributed by atoms with E-state index in [1.54, 1.807) is 17.1 Å². The van der Waals surface area contributed by atoms with E-state index >= 15 is 0 Å². The van der Waals surface area contributed by atoms with E-state index in [0.717, 1.165) is 38.1 Å². The van der Waals surface area contributed by atoms with E-state index in [1.807, 2.05) is 22.6 Å². The Morgan fingerprint density at radius 3 is 2.79 bits per heavy atom. The number of amides is 2. The van der Waals surface area contributed by atoms with Crippen LogP contribution >= 0.6 is 0 Å². The Hall–Kier alpha value is -2.71. The number of nitrogens with zero attached hydrogens (tertiary/aromatic N) is 6. The summed E-state index contributed by atoms with van der Waals surface area (Å²) in [4.78, 5) is 31.2. The molecular weight excluding hydrogens is 358 g/mol. The minimum absolute atomic E-state index is 0.0729. The van der Waals surface area contributed by atoms with Gasteiger partial charge in [-0.3, -0.25) is 9.59 Å². The first-order valence-electron chi connectivity index (χ1n) is 10.1. The number of rotatable bonds is 6. The zero-order chi connectivity index (χ0) is 19.5. The lowest BCUT2D eigenvalue weighted by molar-refractivity contribution is -0.132. The van der Waals surface area contributed by atoms with Gasteiger partial charge in [-0.25, -0.2) is 9.67 Å². The van der Waals surface area contributed by atoms with E-state index in [1.165, 1.54) is 12.8 Å². The fraction of sp³-hybridized carbons (Fsp3) is 0.632. The first kappa shape index (κ1) is 18.6. The van der Waals surface area contributed by atoms with Crippen LogP contribution in [0.15, 0.2) is 18.6 Å². The molecule has 150 valence electrons. The summed E-state index contributed by atoms with van der Waals surface area (Å²) in [6.45, 7) is 3.50. The van der Waals surface area contributed by atoms with Gasteiger partial charge >= 0.3 is 0 Å². The number of carbonyl (C=O) groups excluding carboxylic acids is 2. The molecule has 2 aliphatic rings. The Bertz CT molecular complexity index is 837. The lowest BCUT2D eigenvalue weighted by atomic mass is 10.2. The zero-order valence-corrected chi connectivity index (χ0v) is 16.3. The van der Waals surface area contributed by atoms with Gasteiger partial charge in [-0.2, -0.15) is 0 Å². The van der Waals surface area contributed by atoms with Gasteiger partial charge in [0, 0.05) is 25.0 Å². The smallest absolute Gasteiger partial charge is 0.273 e. The maximum Gasteiger partial charge on any atom is 0.273 e. The van der Waals surface area contributed by atoms with E-state index in [-0.39, 0.29) is 23.9 Å². The van der Waals surface area contributed by atoms with Crippen molar-refractivity contribution in [2.45, 2.75) is 70.6 Å². The van der Waals surface area contributed by atoms with E-state index in [2.05, 4.69) is 20.6 Å². The minimum Gasteiger partial charge on any atom is -0.348 e. The Balaban J connectivity index is 1.35. The predicted molar refractivity (Wildman–Crippen MR) is 101 cm³/mol. The Labute approximate surface area is 164 Å². The van der Waals surface area contributed by atoms with Gasteiger partial charge in [0.05, 0.1) is 18.8 Å². The highest BCUT2D eigenvalue weighted by atomic mass is 16.2. The van der Waals surface area contributed by atoms with Crippen LogP contribution < -0.4 is 5.32 Å². The Morgan fingerprint density at radius 2 is 2.04 bits per heavy atom. The lowest BCUT2D eigenvalue weighted by Gasteiger charge is -2.25. The van der Waals surface area contributed by atoms with Crippen LogP contribution in [0, 0.1) is 6.92 Å². The SMILES string of the molecule is Cc1nccn1CC(=O)N1CCC[C@H]1Cn1cc(C(=O)NC2CCCC2)nn1. The predicted octanol–water partition coefficient (Wildman–Crippen LogP) is 1.15. The van der Waals surface area contributed by atoms with Crippen LogP contribution in [0.1, 0.15) is 54.8 Å². The van der Waals surface area contributed by atoms with Crippen molar-refractivity contribution < 1.29 is 9.59 Å². The van der Waals surface area contributed by atoms with E-state index in [0.29, 0.717) is 18.8 Å². The first-order chi connectivity index (χ1) is 13.6. The second kappa shape index (κ2) is 8.12. The van der Waals surface area contributed by atoms with E-state index in [4.69, 9.17) is 0 Å². The monoisotopic (exact) mass is 385 g/mol. The van der Waals surface area contributed by atoms with Gasteiger partial charge in [-0.05, 0) is 32.6 Å². The molecule has 0 spiro atoms. The maximum atomic E-state index is 12.7. The molecule has 1 atom stereocenters. The van der Waals surface area contributed by atoms with Gasteiger partial charge in [0.1, 0.15) is 12.4 Å². The fourth-order valence-corrected chi connectivity index (χ4v) is 4.20. The van der Waals surface area contributed by atoms with Crippen molar-refractivity contribution in [3.05, 3.63) is 30.1 Å². The van der Waals surface area contributed by atoms with Crippen LogP contribution in [-0.4, -0.2) is 59.9 Å². The third kappa shape index (κ3) is 4.07. The number of nitrogens with one attached hydrogen (secondary N) is 1. The normalized spacial score (nSPS) is 20.0. The number of aryl methyl sites for hydroxylation is 1. The van der Waals surface area contributed by atoms with Crippen molar-refractivity contribution >= 4 is 11.8 Å². The Morgan fingerprint density at radius 1 is 1.21 bits per heavy atom. The van der Waals surface area contributed by atoms with Crippen molar-refractivity contribution in [3.8, 4) is 0 Å². The van der Waals surface area contributed by atoms with Crippen LogP contribution in [0.2, 0.25) is 0 Å². The van der Waals surface area contributed by atoms with Crippen LogP contribution in [0.4, 0.5) is 0 Å². The molecule has 1 saturated heterocycles. The first-order valence-corrected chi connectivity index (χ1v) is 10.1. The largest absolute Gasteiger partial charge is 0.348 e. The molecule has 0 aromatic carbocycles. The third-order valence-corrected chi connectivity index (χ3v) is 5.79. The number of carbonyl (C=O) groups is 2. The van der Waals surface area contributed by atoms with Gasteiger partial charge in [0.15, 0.2) is 5.69 Å². The zero-order valence-electron chi connectivity index (χ0n) is 16.3. The second-order valence-electron chi connectivity index (χ2n) is 7.77. The quantitative estimate of drug-likeness (QED) is 0.804. The van der Waals surface area contributed by atoms with Crippen LogP contribution in [0.5, 0.6) is 0 Å². The average molecular weight is 385 g/mol. The molecule has 2 aromatic heterocycles. The summed E-state index contributed by atoms with van der Waals surface area (Å²) in [7, 11) is 0. The third-order valence-electron chi connectivity index (χ3n) is 5.79. The van der Waals surface area contributed by atoms with Crippen molar-refractivity contribution in [3.63, 3.8) is 0 Å². The molecule has 2 fully saturated rings. The number of imidazole rings is 1. The van der Waals surface area contributed by atoms with Gasteiger partial charge in [-0.1, -0.05) is 18.1 Å². The van der Waals surface area contributed by atoms with E-state index < -0.39 is 0 Å². The molecule has 0 radical (unpaired) electrons. The van der Waals surface area contributed by atoms with Crippen molar-refractivity contribution in [1.82, 2.24) is 34.8 Å². The van der Waals surface area contributed by atoms with Crippen LogP contribution in [-0.2, 0) is 17.9 Å². The van der Waals surface area contributed by atoms with Gasteiger partial charge in [-0.15, -0.1) is 5.10 Å². The van der Waals surface area contributed by atoms with Gasteiger partial charge < -0.3 is 14.8 Å². The van der Waals surface area contributed by atoms with Crippen LogP contribution in [0.3, 0.4) is 0 Å². The highest BCUT2D eigenvalue weighted by Gasteiger charge is 2.30. The summed E-state index contributed by atoms with van der Waals surface area (Å²) >= 11 is 0. The molecule has 1 N–H and O–H groups in total. The molecule has 3 heterocycles. The average Bonchev–Trinajstić information content (AvgIpc) is 3.45. The number of likely N-dealkylation sites (tertiary alicyclic amines) is 1. The molecule has 1 aliphatic heterocycles. The summed E-state index contributed by atoms with van der Waals surface area (Å²) in [5.74, 6) is 0.759. The van der Waals surface area contributed by atoms with Crippen molar-refractivity contribution in [2.75, 3.05) is 6.54 Å². The van der Waals surface area contributed by atoms with Crippen molar-refractivity contribution in [1.29, 1.82) is 0 Å². The molecule has 1 aliphatic carbocycles. The Kier molecular flexibility index (Phi) is 5.40. The molecule has 2 amide bonds. The summed E-state index contributed by atoms with van der Waals surface area (Å²) < 4.78 is 3.54. The highest BCUT2D eigenvalue weighted by molar-refractivity contribution is 5.92. The molecule has 0 unspecified atom stereocenters. The standard InChI is InChI=1S/C19H27N7O2/c1-14-20-8-10-24(14)13-18(27)26-9-4-7-16(26)11-25-12-17(22-23-25)19(28)21-15-5-2-3-6-15/h8,10,12,15-16H,2-7,9,11,13H2,1H3,(H,21,28)/t16-/m0/s1. The molecule has 9 heteroatoms. The van der Waals surface area contributed by atoms with Gasteiger partial charge in [0.25, 0.3) is 5.91 Å². The van der Waals surface area contributed by atoms with Crippen LogP contribution in [0.25, 0.3) is 0 Å². The summed E-state index contributed by atoms with van der Waals surface area (Å²) in [5, 5.41) is 11.2. The summed E-state index contributed by atoms with van der Waals surface area (Å²) in [6, 6.07) is 0.330. The summed E-state index contributed by atoms with van der Waals surface area (Å²) in [5.41, 5.74) is 0.344. The number of hydrogen-bond acceptors (Lipinski definition) is 5. The second-order valence-corrected chi connectivity index (χ2v) is 7.77.